The number of carboxylic acid groups (broad SMARTS) is 1. The molecule has 1 aliphatic rings. The number of anilines is 1. The fraction of sp³-hybridized carbons (Fsp3) is 0.368. The Balaban J connectivity index is 1.71. The van der Waals surface area contributed by atoms with Gasteiger partial charge in [0.2, 0.25) is 0 Å². The number of carbonyl (C=O) groups is 1. The summed E-state index contributed by atoms with van der Waals surface area (Å²) >= 11 is 6.04. The Morgan fingerprint density at radius 2 is 2.21 bits per heavy atom. The molecule has 4 rings (SSSR count). The number of aliphatic carboxylic acids is 1. The lowest BCUT2D eigenvalue weighted by Gasteiger charge is -2.38. The van der Waals surface area contributed by atoms with Crippen LogP contribution in [-0.2, 0) is 4.79 Å². The van der Waals surface area contributed by atoms with Crippen LogP contribution in [0.2, 0.25) is 5.02 Å². The van der Waals surface area contributed by atoms with Gasteiger partial charge in [-0.25, -0.2) is 19.3 Å². The number of nitrogens with zero attached hydrogens (tertiary/aromatic N) is 3. The van der Waals surface area contributed by atoms with E-state index in [4.69, 9.17) is 11.6 Å². The molecule has 0 aliphatic heterocycles. The standard InChI is InChI=1S/C19H19ClFN5O2/c1-19(18(27)28)5-3-2-4-14(19)25-17-13(21)9-24-16(26-17)12-8-23-15-11(12)6-10(20)7-22-15/h6-9,14H,2-5H2,1H3,(H,22,23)(H,27,28)(H,24,25,26)/t14?,19-/m0/s1. The summed E-state index contributed by atoms with van der Waals surface area (Å²) in [5, 5.41) is 13.9. The predicted molar refractivity (Wildman–Crippen MR) is 104 cm³/mol. The molecular formula is C19H19ClFN5O2. The van der Waals surface area contributed by atoms with Crippen LogP contribution in [0.5, 0.6) is 0 Å². The van der Waals surface area contributed by atoms with Crippen molar-refractivity contribution in [2.75, 3.05) is 5.32 Å². The molecule has 2 atom stereocenters. The maximum absolute atomic E-state index is 14.4. The van der Waals surface area contributed by atoms with Crippen LogP contribution in [0.25, 0.3) is 22.4 Å². The zero-order valence-electron chi connectivity index (χ0n) is 15.2. The second-order valence-electron chi connectivity index (χ2n) is 7.31. The summed E-state index contributed by atoms with van der Waals surface area (Å²) in [5.41, 5.74) is 0.277. The number of H-pyrrole nitrogens is 1. The van der Waals surface area contributed by atoms with E-state index in [1.807, 2.05) is 0 Å². The normalized spacial score (nSPS) is 22.3. The number of fused-ring (bicyclic) bond motifs is 1. The molecule has 1 fully saturated rings. The van der Waals surface area contributed by atoms with Crippen molar-refractivity contribution in [2.45, 2.75) is 38.6 Å². The Kier molecular flexibility index (Phi) is 4.66. The molecule has 3 heterocycles. The van der Waals surface area contributed by atoms with Crippen molar-refractivity contribution in [1.82, 2.24) is 19.9 Å². The molecule has 3 aromatic rings. The number of carboxylic acids is 1. The molecule has 0 bridgehead atoms. The van der Waals surface area contributed by atoms with Gasteiger partial charge in [-0.2, -0.15) is 0 Å². The van der Waals surface area contributed by atoms with Crippen molar-refractivity contribution in [3.05, 3.63) is 35.5 Å². The molecule has 3 aromatic heterocycles. The number of aromatic amines is 1. The van der Waals surface area contributed by atoms with Gasteiger partial charge in [-0.3, -0.25) is 4.79 Å². The van der Waals surface area contributed by atoms with Gasteiger partial charge in [0.05, 0.1) is 16.6 Å². The molecule has 1 saturated carbocycles. The fourth-order valence-corrected chi connectivity index (χ4v) is 3.90. The fourth-order valence-electron chi connectivity index (χ4n) is 3.75. The molecule has 0 saturated heterocycles. The topological polar surface area (TPSA) is 104 Å². The number of hydrogen-bond acceptors (Lipinski definition) is 5. The Labute approximate surface area is 165 Å². The number of nitrogens with one attached hydrogen (secondary N) is 2. The minimum atomic E-state index is -0.978. The molecule has 0 spiro atoms. The molecular weight excluding hydrogens is 385 g/mol. The van der Waals surface area contributed by atoms with Crippen LogP contribution in [0.1, 0.15) is 32.6 Å². The zero-order chi connectivity index (χ0) is 19.9. The highest BCUT2D eigenvalue weighted by Crippen LogP contribution is 2.38. The lowest BCUT2D eigenvalue weighted by Crippen LogP contribution is -2.47. The molecule has 3 N–H and O–H groups in total. The van der Waals surface area contributed by atoms with E-state index in [2.05, 4.69) is 25.3 Å². The average Bonchev–Trinajstić information content (AvgIpc) is 3.08. The van der Waals surface area contributed by atoms with Crippen LogP contribution < -0.4 is 5.32 Å². The second kappa shape index (κ2) is 7.01. The minimum Gasteiger partial charge on any atom is -0.481 e. The largest absolute Gasteiger partial charge is 0.481 e. The van der Waals surface area contributed by atoms with Crippen molar-refractivity contribution in [3.63, 3.8) is 0 Å². The molecule has 9 heteroatoms. The number of rotatable bonds is 4. The minimum absolute atomic E-state index is 0.00582. The van der Waals surface area contributed by atoms with Crippen molar-refractivity contribution < 1.29 is 14.3 Å². The van der Waals surface area contributed by atoms with E-state index in [9.17, 15) is 14.3 Å². The number of halogens is 2. The van der Waals surface area contributed by atoms with Gasteiger partial charge in [-0.15, -0.1) is 0 Å². The smallest absolute Gasteiger partial charge is 0.311 e. The van der Waals surface area contributed by atoms with Crippen LogP contribution >= 0.6 is 11.6 Å². The van der Waals surface area contributed by atoms with E-state index >= 15 is 0 Å². The van der Waals surface area contributed by atoms with E-state index in [1.54, 1.807) is 19.2 Å². The highest BCUT2D eigenvalue weighted by Gasteiger charge is 2.43. The molecule has 1 unspecified atom stereocenters. The summed E-state index contributed by atoms with van der Waals surface area (Å²) in [6.45, 7) is 1.69. The summed E-state index contributed by atoms with van der Waals surface area (Å²) in [6.07, 6.45) is 7.18. The van der Waals surface area contributed by atoms with Crippen molar-refractivity contribution >= 4 is 34.4 Å². The van der Waals surface area contributed by atoms with Gasteiger partial charge in [0.1, 0.15) is 5.65 Å². The van der Waals surface area contributed by atoms with E-state index in [1.165, 1.54) is 6.20 Å². The first-order valence-corrected chi connectivity index (χ1v) is 9.42. The first-order valence-electron chi connectivity index (χ1n) is 9.04. The van der Waals surface area contributed by atoms with E-state index in [0.29, 0.717) is 34.9 Å². The third kappa shape index (κ3) is 3.17. The highest BCUT2D eigenvalue weighted by atomic mass is 35.5. The van der Waals surface area contributed by atoms with Crippen LogP contribution in [0.15, 0.2) is 24.7 Å². The second-order valence-corrected chi connectivity index (χ2v) is 7.74. The molecule has 0 aromatic carbocycles. The quantitative estimate of drug-likeness (QED) is 0.601. The lowest BCUT2D eigenvalue weighted by molar-refractivity contribution is -0.150. The van der Waals surface area contributed by atoms with Crippen molar-refractivity contribution in [2.24, 2.45) is 5.41 Å². The molecule has 7 nitrogen and oxygen atoms in total. The SMILES string of the molecule is C[C@]1(C(=O)O)CCCCC1Nc1nc(-c2c[nH]c3ncc(Cl)cc23)ncc1F. The highest BCUT2D eigenvalue weighted by molar-refractivity contribution is 6.31. The van der Waals surface area contributed by atoms with E-state index in [0.717, 1.165) is 24.4 Å². The summed E-state index contributed by atoms with van der Waals surface area (Å²) < 4.78 is 14.4. The monoisotopic (exact) mass is 403 g/mol. The number of pyridine rings is 1. The lowest BCUT2D eigenvalue weighted by atomic mass is 9.71. The Hall–Kier alpha value is -2.74. The molecule has 146 valence electrons. The summed E-state index contributed by atoms with van der Waals surface area (Å²) in [7, 11) is 0. The van der Waals surface area contributed by atoms with E-state index < -0.39 is 23.2 Å². The summed E-state index contributed by atoms with van der Waals surface area (Å²) in [4.78, 5) is 27.4. The van der Waals surface area contributed by atoms with Gasteiger partial charge < -0.3 is 15.4 Å². The Morgan fingerprint density at radius 3 is 3.00 bits per heavy atom. The third-order valence-electron chi connectivity index (χ3n) is 5.49. The zero-order valence-corrected chi connectivity index (χ0v) is 15.9. The van der Waals surface area contributed by atoms with Crippen LogP contribution in [0.4, 0.5) is 10.2 Å². The number of hydrogen-bond donors (Lipinski definition) is 3. The molecule has 28 heavy (non-hydrogen) atoms. The van der Waals surface area contributed by atoms with Gasteiger partial charge in [0, 0.05) is 29.4 Å². The predicted octanol–water partition coefficient (Wildman–Crippen LogP) is 4.26. The van der Waals surface area contributed by atoms with Crippen LogP contribution in [-0.4, -0.2) is 37.1 Å². The first-order chi connectivity index (χ1) is 13.4. The summed E-state index contributed by atoms with van der Waals surface area (Å²) in [5.74, 6) is -1.23. The van der Waals surface area contributed by atoms with Gasteiger partial charge in [0.25, 0.3) is 0 Å². The van der Waals surface area contributed by atoms with Gasteiger partial charge in [-0.05, 0) is 25.8 Å². The van der Waals surface area contributed by atoms with Crippen LogP contribution in [0, 0.1) is 11.2 Å². The van der Waals surface area contributed by atoms with Gasteiger partial charge in [-0.1, -0.05) is 24.4 Å². The molecule has 0 amide bonds. The van der Waals surface area contributed by atoms with Gasteiger partial charge in [0.15, 0.2) is 17.5 Å². The van der Waals surface area contributed by atoms with Gasteiger partial charge >= 0.3 is 5.97 Å². The maximum atomic E-state index is 14.4. The first kappa shape index (κ1) is 18.6. The molecule has 1 aliphatic carbocycles. The van der Waals surface area contributed by atoms with Crippen LogP contribution in [0.3, 0.4) is 0 Å². The van der Waals surface area contributed by atoms with E-state index in [-0.39, 0.29) is 5.82 Å². The Morgan fingerprint density at radius 1 is 1.39 bits per heavy atom. The van der Waals surface area contributed by atoms with Crippen molar-refractivity contribution in [3.8, 4) is 11.4 Å². The number of aromatic nitrogens is 4. The molecule has 0 radical (unpaired) electrons. The average molecular weight is 404 g/mol. The maximum Gasteiger partial charge on any atom is 0.311 e. The summed E-state index contributed by atoms with van der Waals surface area (Å²) in [6, 6.07) is 1.31. The van der Waals surface area contributed by atoms with Crippen molar-refractivity contribution in [1.29, 1.82) is 0 Å². The third-order valence-corrected chi connectivity index (χ3v) is 5.70. The Bertz CT molecular complexity index is 1060.